The van der Waals surface area contributed by atoms with Gasteiger partial charge >= 0.3 is 11.9 Å². The second kappa shape index (κ2) is 7.27. The summed E-state index contributed by atoms with van der Waals surface area (Å²) in [6.45, 7) is 10.3. The molecule has 4 aliphatic carbocycles. The molecule has 4 heteroatoms. The summed E-state index contributed by atoms with van der Waals surface area (Å²) in [5, 5.41) is 0. The highest BCUT2D eigenvalue weighted by molar-refractivity contribution is 5.67. The van der Waals surface area contributed by atoms with Crippen LogP contribution in [-0.4, -0.2) is 23.6 Å². The van der Waals surface area contributed by atoms with E-state index in [0.717, 1.165) is 37.5 Å². The van der Waals surface area contributed by atoms with E-state index < -0.39 is 0 Å². The Labute approximate surface area is 176 Å². The molecule has 0 heterocycles. The number of carbonyl (C=O) groups is 2. The predicted molar refractivity (Wildman–Crippen MR) is 112 cm³/mol. The lowest BCUT2D eigenvalue weighted by Gasteiger charge is -2.62. The molecule has 0 aromatic rings. The molecule has 4 fully saturated rings. The van der Waals surface area contributed by atoms with E-state index in [1.165, 1.54) is 45.4 Å². The SMILES string of the molecule is CCC1(OC(C)=O)CCC2C3CCC4CC(OC(C)=O)CCC4(C)C3CCC21C. The highest BCUT2D eigenvalue weighted by atomic mass is 16.6. The van der Waals surface area contributed by atoms with E-state index in [1.807, 2.05) is 0 Å². The number of carbonyl (C=O) groups excluding carboxylic acids is 2. The van der Waals surface area contributed by atoms with Crippen molar-refractivity contribution >= 4 is 11.9 Å². The molecule has 0 bridgehead atoms. The van der Waals surface area contributed by atoms with Crippen molar-refractivity contribution in [1.82, 2.24) is 0 Å². The van der Waals surface area contributed by atoms with Crippen molar-refractivity contribution in [3.8, 4) is 0 Å². The summed E-state index contributed by atoms with van der Waals surface area (Å²) in [6, 6.07) is 0. The summed E-state index contributed by atoms with van der Waals surface area (Å²) >= 11 is 0. The van der Waals surface area contributed by atoms with Crippen LogP contribution in [0, 0.1) is 34.5 Å². The molecule has 0 radical (unpaired) electrons. The van der Waals surface area contributed by atoms with E-state index in [9.17, 15) is 9.59 Å². The van der Waals surface area contributed by atoms with Crippen LogP contribution in [0.1, 0.15) is 98.8 Å². The average Bonchev–Trinajstić information content (AvgIpc) is 2.94. The van der Waals surface area contributed by atoms with Gasteiger partial charge in [0, 0.05) is 19.3 Å². The van der Waals surface area contributed by atoms with Gasteiger partial charge in [-0.2, -0.15) is 0 Å². The van der Waals surface area contributed by atoms with Gasteiger partial charge in [0.25, 0.3) is 0 Å². The number of fused-ring (bicyclic) bond motifs is 5. The molecule has 0 N–H and O–H groups in total. The first-order chi connectivity index (χ1) is 13.6. The van der Waals surface area contributed by atoms with Gasteiger partial charge in [-0.1, -0.05) is 20.8 Å². The number of hydrogen-bond acceptors (Lipinski definition) is 4. The monoisotopic (exact) mass is 404 g/mol. The Morgan fingerprint density at radius 3 is 2.28 bits per heavy atom. The van der Waals surface area contributed by atoms with E-state index in [4.69, 9.17) is 9.47 Å². The van der Waals surface area contributed by atoms with Crippen LogP contribution >= 0.6 is 0 Å². The Kier molecular flexibility index (Phi) is 5.31. The maximum absolute atomic E-state index is 12.0. The minimum atomic E-state index is -0.265. The van der Waals surface area contributed by atoms with Crippen LogP contribution < -0.4 is 0 Å². The molecule has 0 saturated heterocycles. The highest BCUT2D eigenvalue weighted by Gasteiger charge is 2.65. The van der Waals surface area contributed by atoms with Crippen molar-refractivity contribution in [1.29, 1.82) is 0 Å². The van der Waals surface area contributed by atoms with Crippen LogP contribution in [0.2, 0.25) is 0 Å². The minimum Gasteiger partial charge on any atom is -0.463 e. The molecule has 0 aliphatic heterocycles. The molecule has 0 spiro atoms. The predicted octanol–water partition coefficient (Wildman–Crippen LogP) is 5.67. The summed E-state index contributed by atoms with van der Waals surface area (Å²) in [5.74, 6) is 2.62. The Balaban J connectivity index is 1.56. The molecule has 4 saturated carbocycles. The van der Waals surface area contributed by atoms with Crippen LogP contribution in [0.3, 0.4) is 0 Å². The van der Waals surface area contributed by atoms with Gasteiger partial charge in [0.1, 0.15) is 11.7 Å². The zero-order valence-corrected chi connectivity index (χ0v) is 19.1. The van der Waals surface area contributed by atoms with E-state index in [-0.39, 0.29) is 29.1 Å². The molecule has 8 atom stereocenters. The summed E-state index contributed by atoms with van der Waals surface area (Å²) in [4.78, 5) is 23.4. The van der Waals surface area contributed by atoms with Gasteiger partial charge in [-0.15, -0.1) is 0 Å². The van der Waals surface area contributed by atoms with E-state index in [0.29, 0.717) is 17.3 Å². The van der Waals surface area contributed by atoms with Crippen molar-refractivity contribution in [2.24, 2.45) is 34.5 Å². The summed E-state index contributed by atoms with van der Waals surface area (Å²) < 4.78 is 11.7. The fourth-order valence-corrected chi connectivity index (χ4v) is 8.75. The summed E-state index contributed by atoms with van der Waals surface area (Å²) in [6.07, 6.45) is 11.5. The third-order valence-corrected chi connectivity index (χ3v) is 10.2. The molecular formula is C25H40O4. The molecule has 0 aromatic heterocycles. The Bertz CT molecular complexity index is 674. The van der Waals surface area contributed by atoms with Crippen LogP contribution in [0.15, 0.2) is 0 Å². The van der Waals surface area contributed by atoms with Crippen LogP contribution in [0.25, 0.3) is 0 Å². The second-order valence-corrected chi connectivity index (χ2v) is 11.1. The highest BCUT2D eigenvalue weighted by Crippen LogP contribution is 2.69. The molecule has 0 amide bonds. The number of rotatable bonds is 3. The molecular weight excluding hydrogens is 364 g/mol. The smallest absolute Gasteiger partial charge is 0.303 e. The lowest BCUT2D eigenvalue weighted by atomic mass is 9.44. The molecule has 8 unspecified atom stereocenters. The number of hydrogen-bond donors (Lipinski definition) is 0. The first-order valence-electron chi connectivity index (χ1n) is 12.0. The van der Waals surface area contributed by atoms with Gasteiger partial charge in [-0.25, -0.2) is 0 Å². The molecule has 29 heavy (non-hydrogen) atoms. The lowest BCUT2D eigenvalue weighted by Crippen LogP contribution is -2.57. The van der Waals surface area contributed by atoms with Crippen LogP contribution in [-0.2, 0) is 19.1 Å². The largest absolute Gasteiger partial charge is 0.463 e. The van der Waals surface area contributed by atoms with E-state index in [2.05, 4.69) is 20.8 Å². The van der Waals surface area contributed by atoms with Crippen LogP contribution in [0.5, 0.6) is 0 Å². The lowest BCUT2D eigenvalue weighted by molar-refractivity contribution is -0.191. The maximum Gasteiger partial charge on any atom is 0.303 e. The van der Waals surface area contributed by atoms with Crippen molar-refractivity contribution < 1.29 is 19.1 Å². The number of ether oxygens (including phenoxy) is 2. The van der Waals surface area contributed by atoms with Crippen molar-refractivity contribution in [3.63, 3.8) is 0 Å². The fraction of sp³-hybridized carbons (Fsp3) is 0.920. The quantitative estimate of drug-likeness (QED) is 0.569. The molecule has 4 rings (SSSR count). The fourth-order valence-electron chi connectivity index (χ4n) is 8.75. The first-order valence-corrected chi connectivity index (χ1v) is 12.0. The van der Waals surface area contributed by atoms with Gasteiger partial charge in [0.15, 0.2) is 0 Å². The van der Waals surface area contributed by atoms with Gasteiger partial charge in [0.05, 0.1) is 0 Å². The summed E-state index contributed by atoms with van der Waals surface area (Å²) in [7, 11) is 0. The zero-order valence-electron chi connectivity index (χ0n) is 19.1. The Morgan fingerprint density at radius 1 is 0.897 bits per heavy atom. The van der Waals surface area contributed by atoms with E-state index >= 15 is 0 Å². The Hall–Kier alpha value is -1.06. The third-order valence-electron chi connectivity index (χ3n) is 10.2. The van der Waals surface area contributed by atoms with Gasteiger partial charge in [-0.3, -0.25) is 9.59 Å². The molecule has 0 aromatic carbocycles. The first kappa shape index (κ1) is 21.2. The van der Waals surface area contributed by atoms with Crippen molar-refractivity contribution in [2.75, 3.05) is 0 Å². The van der Waals surface area contributed by atoms with Gasteiger partial charge in [-0.05, 0) is 93.3 Å². The number of esters is 2. The van der Waals surface area contributed by atoms with E-state index in [1.54, 1.807) is 6.92 Å². The molecule has 4 aliphatic rings. The van der Waals surface area contributed by atoms with Gasteiger partial charge < -0.3 is 9.47 Å². The standard InChI is InChI=1S/C25H40O4/c1-6-25(29-17(3)27)14-11-22-20-8-7-18-15-19(28-16(2)26)9-12-23(18,4)21(20)10-13-24(22,25)5/h18-22H,6-15H2,1-5H3. The van der Waals surface area contributed by atoms with Crippen molar-refractivity contribution in [2.45, 2.75) is 111 Å². The molecule has 4 nitrogen and oxygen atoms in total. The molecule has 164 valence electrons. The second-order valence-electron chi connectivity index (χ2n) is 11.1. The normalized spacial score (nSPS) is 48.8. The zero-order chi connectivity index (χ0) is 21.0. The van der Waals surface area contributed by atoms with Crippen molar-refractivity contribution in [3.05, 3.63) is 0 Å². The third kappa shape index (κ3) is 3.15. The van der Waals surface area contributed by atoms with Crippen LogP contribution in [0.4, 0.5) is 0 Å². The summed E-state index contributed by atoms with van der Waals surface area (Å²) in [5.41, 5.74) is 0.228. The average molecular weight is 405 g/mol. The maximum atomic E-state index is 12.0. The van der Waals surface area contributed by atoms with Gasteiger partial charge in [0.2, 0.25) is 0 Å². The minimum absolute atomic E-state index is 0.115. The topological polar surface area (TPSA) is 52.6 Å². The Morgan fingerprint density at radius 2 is 1.62 bits per heavy atom.